The van der Waals surface area contributed by atoms with E-state index in [0.29, 0.717) is 6.61 Å². The zero-order valence-corrected chi connectivity index (χ0v) is 15.3. The Kier molecular flexibility index (Phi) is 5.89. The Morgan fingerprint density at radius 2 is 2.08 bits per heavy atom. The molecule has 0 fully saturated rings. The molecular weight excluding hydrogens is 314 g/mol. The number of nitrogens with one attached hydrogen (secondary N) is 1. The van der Waals surface area contributed by atoms with Crippen molar-refractivity contribution in [1.29, 1.82) is 0 Å². The summed E-state index contributed by atoms with van der Waals surface area (Å²) in [6.45, 7) is 8.92. The summed E-state index contributed by atoms with van der Waals surface area (Å²) in [5, 5.41) is 3.71. The van der Waals surface area contributed by atoms with Crippen molar-refractivity contribution in [3.05, 3.63) is 53.3 Å². The van der Waals surface area contributed by atoms with Gasteiger partial charge in [-0.05, 0) is 42.9 Å². The van der Waals surface area contributed by atoms with Crippen LogP contribution in [0, 0.1) is 0 Å². The van der Waals surface area contributed by atoms with E-state index in [1.807, 2.05) is 24.4 Å². The van der Waals surface area contributed by atoms with E-state index < -0.39 is 0 Å². The van der Waals surface area contributed by atoms with Gasteiger partial charge in [-0.3, -0.25) is 4.98 Å². The number of likely N-dealkylation sites (N-methyl/N-ethyl adjacent to an activating group) is 1. The number of rotatable bonds is 7. The van der Waals surface area contributed by atoms with Gasteiger partial charge < -0.3 is 19.7 Å². The monoisotopic (exact) mass is 341 g/mol. The van der Waals surface area contributed by atoms with Crippen molar-refractivity contribution < 1.29 is 9.47 Å². The molecule has 0 saturated heterocycles. The third-order valence-corrected chi connectivity index (χ3v) is 4.80. The summed E-state index contributed by atoms with van der Waals surface area (Å²) in [6, 6.07) is 10.2. The van der Waals surface area contributed by atoms with Crippen LogP contribution < -0.4 is 14.8 Å². The van der Waals surface area contributed by atoms with Gasteiger partial charge in [-0.1, -0.05) is 19.9 Å². The Morgan fingerprint density at radius 3 is 2.84 bits per heavy atom. The van der Waals surface area contributed by atoms with Gasteiger partial charge in [0.05, 0.1) is 18.8 Å². The van der Waals surface area contributed by atoms with Crippen LogP contribution >= 0.6 is 0 Å². The molecule has 3 rings (SSSR count). The van der Waals surface area contributed by atoms with Gasteiger partial charge in [0.15, 0.2) is 0 Å². The number of ether oxygens (including phenoxy) is 2. The van der Waals surface area contributed by atoms with Gasteiger partial charge in [-0.2, -0.15) is 0 Å². The average molecular weight is 341 g/mol. The smallest absolute Gasteiger partial charge is 0.131 e. The van der Waals surface area contributed by atoms with Gasteiger partial charge in [0, 0.05) is 24.8 Å². The fourth-order valence-corrected chi connectivity index (χ4v) is 3.28. The molecule has 1 unspecified atom stereocenters. The molecule has 2 aromatic rings. The summed E-state index contributed by atoms with van der Waals surface area (Å²) in [7, 11) is 1.69. The minimum atomic E-state index is 0.0480. The van der Waals surface area contributed by atoms with Crippen molar-refractivity contribution in [3.8, 4) is 11.5 Å². The maximum absolute atomic E-state index is 6.01. The number of hydrogen-bond acceptors (Lipinski definition) is 5. The van der Waals surface area contributed by atoms with Gasteiger partial charge in [-0.15, -0.1) is 0 Å². The lowest BCUT2D eigenvalue weighted by molar-refractivity contribution is 0.297. The number of fused-ring (bicyclic) bond motifs is 2. The van der Waals surface area contributed by atoms with Crippen LogP contribution in [0.15, 0.2) is 36.5 Å². The first kappa shape index (κ1) is 17.7. The molecule has 0 radical (unpaired) electrons. The topological polar surface area (TPSA) is 46.6 Å². The van der Waals surface area contributed by atoms with Crippen LogP contribution in [-0.4, -0.2) is 43.2 Å². The number of methoxy groups -OCH3 is 1. The molecule has 25 heavy (non-hydrogen) atoms. The number of hydrogen-bond donors (Lipinski definition) is 1. The van der Waals surface area contributed by atoms with Crippen molar-refractivity contribution in [2.75, 3.05) is 33.3 Å². The highest BCUT2D eigenvalue weighted by Gasteiger charge is 2.25. The van der Waals surface area contributed by atoms with E-state index in [1.54, 1.807) is 7.11 Å². The number of nitrogens with zero attached hydrogens (tertiary/aromatic N) is 2. The molecule has 1 aromatic heterocycles. The Labute approximate surface area is 150 Å². The summed E-state index contributed by atoms with van der Waals surface area (Å²) in [4.78, 5) is 6.94. The molecule has 1 aromatic carbocycles. The number of benzene rings is 1. The van der Waals surface area contributed by atoms with E-state index in [9.17, 15) is 0 Å². The second kappa shape index (κ2) is 8.32. The van der Waals surface area contributed by atoms with E-state index in [4.69, 9.17) is 9.47 Å². The zero-order chi connectivity index (χ0) is 17.6. The molecule has 0 amide bonds. The highest BCUT2D eigenvalue weighted by Crippen LogP contribution is 2.37. The minimum Gasteiger partial charge on any atom is -0.497 e. The molecule has 5 nitrogen and oxygen atoms in total. The van der Waals surface area contributed by atoms with Crippen LogP contribution in [0.5, 0.6) is 11.5 Å². The zero-order valence-electron chi connectivity index (χ0n) is 15.3. The highest BCUT2D eigenvalue weighted by molar-refractivity contribution is 5.48. The van der Waals surface area contributed by atoms with Gasteiger partial charge in [0.25, 0.3) is 0 Å². The molecule has 0 aliphatic carbocycles. The first-order chi connectivity index (χ1) is 12.3. The third kappa shape index (κ3) is 3.94. The Balaban J connectivity index is 1.91. The number of aromatic nitrogens is 1. The van der Waals surface area contributed by atoms with E-state index in [-0.39, 0.29) is 6.04 Å². The van der Waals surface area contributed by atoms with Crippen molar-refractivity contribution in [2.45, 2.75) is 26.5 Å². The lowest BCUT2D eigenvalue weighted by Crippen LogP contribution is -2.34. The van der Waals surface area contributed by atoms with Crippen LogP contribution in [0.2, 0.25) is 0 Å². The van der Waals surface area contributed by atoms with Gasteiger partial charge in [-0.25, -0.2) is 0 Å². The molecule has 1 atom stereocenters. The fraction of sp³-hybridized carbons (Fsp3) is 0.450. The SMILES string of the molecule is CCN(CC)CCNC1c2cc(OC)ccc2OCc2ncccc21. The van der Waals surface area contributed by atoms with Gasteiger partial charge in [0.2, 0.25) is 0 Å². The Hall–Kier alpha value is -2.11. The Bertz CT molecular complexity index is 701. The average Bonchev–Trinajstić information content (AvgIpc) is 2.82. The van der Waals surface area contributed by atoms with Crippen LogP contribution in [0.1, 0.15) is 36.7 Å². The number of pyridine rings is 1. The summed E-state index contributed by atoms with van der Waals surface area (Å²) in [5.74, 6) is 1.73. The van der Waals surface area contributed by atoms with E-state index in [2.05, 4.69) is 41.2 Å². The van der Waals surface area contributed by atoms with Crippen molar-refractivity contribution in [3.63, 3.8) is 0 Å². The highest BCUT2D eigenvalue weighted by atomic mass is 16.5. The fourth-order valence-electron chi connectivity index (χ4n) is 3.28. The summed E-state index contributed by atoms with van der Waals surface area (Å²) < 4.78 is 11.4. The second-order valence-corrected chi connectivity index (χ2v) is 6.15. The molecular formula is C20H27N3O2. The standard InChI is InChI=1S/C20H27N3O2/c1-4-23(5-2)12-11-22-20-16-7-6-10-21-18(16)14-25-19-9-8-15(24-3)13-17(19)20/h6-10,13,20,22H,4-5,11-12,14H2,1-3H3. The predicted octanol–water partition coefficient (Wildman–Crippen LogP) is 3.00. The Morgan fingerprint density at radius 1 is 1.24 bits per heavy atom. The molecule has 0 bridgehead atoms. The predicted molar refractivity (Wildman–Crippen MR) is 99.2 cm³/mol. The van der Waals surface area contributed by atoms with Gasteiger partial charge in [0.1, 0.15) is 18.1 Å². The first-order valence-electron chi connectivity index (χ1n) is 8.97. The van der Waals surface area contributed by atoms with Crippen molar-refractivity contribution in [2.24, 2.45) is 0 Å². The quantitative estimate of drug-likeness (QED) is 0.839. The molecule has 1 N–H and O–H groups in total. The molecule has 1 aliphatic heterocycles. The molecule has 0 saturated carbocycles. The molecule has 5 heteroatoms. The van der Waals surface area contributed by atoms with Crippen molar-refractivity contribution >= 4 is 0 Å². The minimum absolute atomic E-state index is 0.0480. The summed E-state index contributed by atoms with van der Waals surface area (Å²) >= 11 is 0. The van der Waals surface area contributed by atoms with E-state index in [1.165, 1.54) is 5.56 Å². The first-order valence-corrected chi connectivity index (χ1v) is 8.97. The van der Waals surface area contributed by atoms with E-state index >= 15 is 0 Å². The van der Waals surface area contributed by atoms with Crippen LogP contribution in [0.25, 0.3) is 0 Å². The summed E-state index contributed by atoms with van der Waals surface area (Å²) in [6.07, 6.45) is 1.83. The van der Waals surface area contributed by atoms with Gasteiger partial charge >= 0.3 is 0 Å². The van der Waals surface area contributed by atoms with Crippen LogP contribution in [0.4, 0.5) is 0 Å². The largest absolute Gasteiger partial charge is 0.497 e. The molecule has 0 spiro atoms. The summed E-state index contributed by atoms with van der Waals surface area (Å²) in [5.41, 5.74) is 3.26. The van der Waals surface area contributed by atoms with Crippen molar-refractivity contribution in [1.82, 2.24) is 15.2 Å². The third-order valence-electron chi connectivity index (χ3n) is 4.80. The molecule has 1 aliphatic rings. The maximum Gasteiger partial charge on any atom is 0.131 e. The normalized spacial score (nSPS) is 15.9. The van der Waals surface area contributed by atoms with E-state index in [0.717, 1.165) is 48.9 Å². The second-order valence-electron chi connectivity index (χ2n) is 6.15. The lowest BCUT2D eigenvalue weighted by atomic mass is 9.97. The lowest BCUT2D eigenvalue weighted by Gasteiger charge is -2.23. The molecule has 2 heterocycles. The molecule has 134 valence electrons. The van der Waals surface area contributed by atoms with Crippen LogP contribution in [0.3, 0.4) is 0 Å². The maximum atomic E-state index is 6.01. The van der Waals surface area contributed by atoms with Crippen LogP contribution in [-0.2, 0) is 6.61 Å².